The van der Waals surface area contributed by atoms with Crippen LogP contribution in [0.15, 0.2) is 53.6 Å². The molecule has 2 atom stereocenters. The Labute approximate surface area is 153 Å². The van der Waals surface area contributed by atoms with Crippen molar-refractivity contribution in [2.45, 2.75) is 37.2 Å². The molecule has 0 bridgehead atoms. The third-order valence-electron chi connectivity index (χ3n) is 3.96. The van der Waals surface area contributed by atoms with E-state index in [9.17, 15) is 0 Å². The van der Waals surface area contributed by atoms with Gasteiger partial charge in [0.1, 0.15) is 11.5 Å². The van der Waals surface area contributed by atoms with E-state index < -0.39 is 4.51 Å². The molecular formula is C19H26BrNO3. The number of hydrogen-bond donors (Lipinski definition) is 1. The minimum atomic E-state index is -0.671. The van der Waals surface area contributed by atoms with Gasteiger partial charge in [0.05, 0.1) is 26.3 Å². The van der Waals surface area contributed by atoms with Crippen molar-refractivity contribution in [1.82, 2.24) is 5.32 Å². The van der Waals surface area contributed by atoms with Crippen LogP contribution in [0.3, 0.4) is 0 Å². The van der Waals surface area contributed by atoms with Crippen molar-refractivity contribution in [3.05, 3.63) is 59.2 Å². The molecule has 0 radical (unpaired) electrons. The van der Waals surface area contributed by atoms with Crippen LogP contribution in [0.5, 0.6) is 0 Å². The van der Waals surface area contributed by atoms with E-state index in [4.69, 9.17) is 14.2 Å². The molecule has 1 aromatic rings. The maximum absolute atomic E-state index is 5.84. The summed E-state index contributed by atoms with van der Waals surface area (Å²) in [4.78, 5) is 0. The minimum Gasteiger partial charge on any atom is -0.499 e. The lowest BCUT2D eigenvalue weighted by Gasteiger charge is -2.34. The fourth-order valence-corrected chi connectivity index (χ4v) is 3.62. The first-order chi connectivity index (χ1) is 11.5. The third-order valence-corrected chi connectivity index (χ3v) is 4.86. The number of ether oxygens (including phenoxy) is 3. The molecule has 0 spiro atoms. The fraction of sp³-hybridized carbons (Fsp3) is 0.474. The third kappa shape index (κ3) is 4.54. The van der Waals surface area contributed by atoms with Gasteiger partial charge in [0.2, 0.25) is 0 Å². The number of hydrogen-bond acceptors (Lipinski definition) is 4. The first-order valence-electron chi connectivity index (χ1n) is 8.19. The second-order valence-corrected chi connectivity index (χ2v) is 7.11. The highest BCUT2D eigenvalue weighted by Gasteiger charge is 2.39. The van der Waals surface area contributed by atoms with Crippen molar-refractivity contribution >= 4 is 15.9 Å². The Morgan fingerprint density at radius 1 is 1.21 bits per heavy atom. The Kier molecular flexibility index (Phi) is 6.75. The van der Waals surface area contributed by atoms with Gasteiger partial charge >= 0.3 is 0 Å². The Morgan fingerprint density at radius 2 is 1.92 bits per heavy atom. The van der Waals surface area contributed by atoms with Crippen LogP contribution >= 0.6 is 15.9 Å². The van der Waals surface area contributed by atoms with Crippen molar-refractivity contribution < 1.29 is 14.2 Å². The van der Waals surface area contributed by atoms with Gasteiger partial charge in [0.25, 0.3) is 0 Å². The Bertz CT molecular complexity index is 600. The lowest BCUT2D eigenvalue weighted by atomic mass is 10.0. The van der Waals surface area contributed by atoms with Gasteiger partial charge in [-0.05, 0) is 41.8 Å². The highest BCUT2D eigenvalue weighted by Crippen LogP contribution is 2.40. The molecule has 1 aromatic carbocycles. The van der Waals surface area contributed by atoms with Gasteiger partial charge in [0, 0.05) is 18.7 Å². The zero-order valence-corrected chi connectivity index (χ0v) is 16.4. The van der Waals surface area contributed by atoms with Crippen molar-refractivity contribution in [2.75, 3.05) is 20.8 Å². The number of halogens is 1. The molecule has 1 aliphatic rings. The fourth-order valence-electron chi connectivity index (χ4n) is 2.86. The molecule has 24 heavy (non-hydrogen) atoms. The van der Waals surface area contributed by atoms with E-state index in [-0.39, 0.29) is 6.04 Å². The summed E-state index contributed by atoms with van der Waals surface area (Å²) in [6.45, 7) is 4.70. The lowest BCUT2D eigenvalue weighted by Crippen LogP contribution is -2.36. The van der Waals surface area contributed by atoms with Crippen molar-refractivity contribution in [3.63, 3.8) is 0 Å². The maximum Gasteiger partial charge on any atom is 0.186 e. The summed E-state index contributed by atoms with van der Waals surface area (Å²) < 4.78 is 16.3. The lowest BCUT2D eigenvalue weighted by molar-refractivity contribution is 0.0156. The van der Waals surface area contributed by atoms with Crippen molar-refractivity contribution in [1.29, 1.82) is 0 Å². The van der Waals surface area contributed by atoms with E-state index in [1.807, 2.05) is 19.1 Å². The van der Waals surface area contributed by atoms with E-state index in [1.165, 1.54) is 5.56 Å². The normalized spacial score (nSPS) is 22.0. The molecule has 132 valence electrons. The molecule has 0 fully saturated rings. The number of rotatable bonds is 8. The summed E-state index contributed by atoms with van der Waals surface area (Å²) in [5.74, 6) is 1.58. The van der Waals surface area contributed by atoms with Gasteiger partial charge in [-0.1, -0.05) is 30.3 Å². The van der Waals surface area contributed by atoms with Crippen LogP contribution in [-0.2, 0) is 20.6 Å². The summed E-state index contributed by atoms with van der Waals surface area (Å²) >= 11 is 3.65. The smallest absolute Gasteiger partial charge is 0.186 e. The molecule has 2 rings (SSSR count). The summed E-state index contributed by atoms with van der Waals surface area (Å²) in [6, 6.07) is 10.7. The number of benzene rings is 1. The predicted molar refractivity (Wildman–Crippen MR) is 99.8 cm³/mol. The van der Waals surface area contributed by atoms with Crippen LogP contribution in [0.1, 0.15) is 25.8 Å². The molecule has 1 N–H and O–H groups in total. The average molecular weight is 396 g/mol. The van der Waals surface area contributed by atoms with Crippen molar-refractivity contribution in [2.24, 2.45) is 0 Å². The Balaban J connectivity index is 2.15. The van der Waals surface area contributed by atoms with E-state index in [0.717, 1.165) is 23.6 Å². The predicted octanol–water partition coefficient (Wildman–Crippen LogP) is 4.13. The van der Waals surface area contributed by atoms with E-state index in [1.54, 1.807) is 14.2 Å². The van der Waals surface area contributed by atoms with E-state index in [0.29, 0.717) is 13.0 Å². The van der Waals surface area contributed by atoms with E-state index >= 15 is 0 Å². The van der Waals surface area contributed by atoms with Crippen LogP contribution < -0.4 is 5.32 Å². The molecule has 0 aliphatic heterocycles. The van der Waals surface area contributed by atoms with Gasteiger partial charge in [-0.15, -0.1) is 0 Å². The number of allylic oxidation sites excluding steroid dienone is 1. The van der Waals surface area contributed by atoms with Gasteiger partial charge < -0.3 is 19.5 Å². The topological polar surface area (TPSA) is 39.7 Å². The zero-order chi connectivity index (χ0) is 17.6. The standard InChI is InChI=1S/C19H26BrNO3/c1-5-24-19(20)13-17(22-3)16(12-18(19)23-4)21-14(2)11-15-9-7-6-8-10-15/h6-10,12,14,21H,5,11,13H2,1-4H3. The van der Waals surface area contributed by atoms with Crippen LogP contribution in [-0.4, -0.2) is 31.4 Å². The molecule has 0 heterocycles. The highest BCUT2D eigenvalue weighted by molar-refractivity contribution is 9.10. The molecule has 0 aromatic heterocycles. The van der Waals surface area contributed by atoms with Crippen LogP contribution in [0, 0.1) is 0 Å². The number of methoxy groups -OCH3 is 2. The molecule has 0 saturated carbocycles. The summed E-state index contributed by atoms with van der Waals surface area (Å²) in [6.07, 6.45) is 3.45. The first-order valence-corrected chi connectivity index (χ1v) is 8.98. The number of nitrogens with one attached hydrogen (secondary N) is 1. The Hall–Kier alpha value is -1.46. The summed E-state index contributed by atoms with van der Waals surface area (Å²) in [5.41, 5.74) is 2.24. The average Bonchev–Trinajstić information content (AvgIpc) is 2.57. The van der Waals surface area contributed by atoms with Gasteiger partial charge in [-0.25, -0.2) is 0 Å². The van der Waals surface area contributed by atoms with Crippen molar-refractivity contribution in [3.8, 4) is 0 Å². The van der Waals surface area contributed by atoms with Gasteiger partial charge in [0.15, 0.2) is 4.51 Å². The summed E-state index contributed by atoms with van der Waals surface area (Å²) in [7, 11) is 3.34. The SMILES string of the molecule is CCOC1(Br)CC(OC)=C(NC(C)Cc2ccccc2)C=C1OC. The van der Waals surface area contributed by atoms with E-state index in [2.05, 4.69) is 52.4 Å². The zero-order valence-electron chi connectivity index (χ0n) is 14.8. The molecule has 0 saturated heterocycles. The quantitative estimate of drug-likeness (QED) is 0.671. The second kappa shape index (κ2) is 8.58. The van der Waals surface area contributed by atoms with Crippen LogP contribution in [0.2, 0.25) is 0 Å². The molecule has 2 unspecified atom stereocenters. The molecular weight excluding hydrogens is 370 g/mol. The monoisotopic (exact) mass is 395 g/mol. The first kappa shape index (κ1) is 18.9. The Morgan fingerprint density at radius 3 is 2.50 bits per heavy atom. The minimum absolute atomic E-state index is 0.261. The molecule has 4 nitrogen and oxygen atoms in total. The van der Waals surface area contributed by atoms with Gasteiger partial charge in [-0.3, -0.25) is 0 Å². The van der Waals surface area contributed by atoms with Crippen LogP contribution in [0.25, 0.3) is 0 Å². The largest absolute Gasteiger partial charge is 0.499 e. The number of alkyl halides is 1. The molecule has 0 amide bonds. The second-order valence-electron chi connectivity index (χ2n) is 5.83. The molecule has 1 aliphatic carbocycles. The highest BCUT2D eigenvalue weighted by atomic mass is 79.9. The molecule has 5 heteroatoms. The van der Waals surface area contributed by atoms with Gasteiger partial charge in [-0.2, -0.15) is 0 Å². The maximum atomic E-state index is 5.84. The summed E-state index contributed by atoms with van der Waals surface area (Å²) in [5, 5.41) is 3.53. The van der Waals surface area contributed by atoms with Crippen LogP contribution in [0.4, 0.5) is 0 Å².